The van der Waals surface area contributed by atoms with Gasteiger partial charge in [-0.2, -0.15) is 5.10 Å². The van der Waals surface area contributed by atoms with Crippen LogP contribution >= 0.6 is 0 Å². The molecule has 0 aliphatic heterocycles. The zero-order chi connectivity index (χ0) is 17.9. The Hall–Kier alpha value is -3.16. The van der Waals surface area contributed by atoms with Gasteiger partial charge in [0.25, 0.3) is 5.91 Å². The predicted molar refractivity (Wildman–Crippen MR) is 99.5 cm³/mol. The molecule has 0 radical (unpaired) electrons. The first-order valence-corrected chi connectivity index (χ1v) is 8.83. The third kappa shape index (κ3) is 3.30. The summed E-state index contributed by atoms with van der Waals surface area (Å²) in [7, 11) is 0. The van der Waals surface area contributed by atoms with Crippen LogP contribution in [0.3, 0.4) is 0 Å². The molecule has 1 amide bonds. The van der Waals surface area contributed by atoms with Crippen molar-refractivity contribution in [2.45, 2.75) is 38.1 Å². The van der Waals surface area contributed by atoms with E-state index in [9.17, 15) is 4.79 Å². The first-order valence-electron chi connectivity index (χ1n) is 8.83. The number of pyridine rings is 1. The Bertz CT molecular complexity index is 930. The highest BCUT2D eigenvalue weighted by molar-refractivity contribution is 5.97. The number of fused-ring (bicyclic) bond motifs is 1. The summed E-state index contributed by atoms with van der Waals surface area (Å²) >= 11 is 0. The van der Waals surface area contributed by atoms with Gasteiger partial charge in [0.1, 0.15) is 5.82 Å². The molecule has 3 aromatic rings. The van der Waals surface area contributed by atoms with Crippen LogP contribution in [0.15, 0.2) is 36.8 Å². The second-order valence-corrected chi connectivity index (χ2v) is 6.51. The molecule has 3 heterocycles. The molecule has 4 rings (SSSR count). The van der Waals surface area contributed by atoms with Crippen molar-refractivity contribution in [3.05, 3.63) is 42.5 Å². The molecule has 8 nitrogen and oxygen atoms in total. The van der Waals surface area contributed by atoms with Gasteiger partial charge in [0.15, 0.2) is 11.5 Å². The number of rotatable bonds is 5. The molecule has 134 valence electrons. The summed E-state index contributed by atoms with van der Waals surface area (Å²) in [6, 6.07) is 6.13. The smallest absolute Gasteiger partial charge is 0.271 e. The van der Waals surface area contributed by atoms with Crippen LogP contribution < -0.4 is 16.4 Å². The quantitative estimate of drug-likeness (QED) is 0.652. The fourth-order valence-corrected chi connectivity index (χ4v) is 3.34. The lowest BCUT2D eigenvalue weighted by atomic mass is 9.96. The van der Waals surface area contributed by atoms with Crippen molar-refractivity contribution in [3.63, 3.8) is 0 Å². The molecular formula is C18H21N7O. The average molecular weight is 351 g/mol. The summed E-state index contributed by atoms with van der Waals surface area (Å²) in [6.07, 6.45) is 11.1. The number of amides is 1. The molecule has 0 atom stereocenters. The number of hydrogen-bond donors (Lipinski definition) is 3. The van der Waals surface area contributed by atoms with Crippen molar-refractivity contribution in [1.82, 2.24) is 19.6 Å². The molecule has 3 aromatic heterocycles. The summed E-state index contributed by atoms with van der Waals surface area (Å²) in [5, 5.41) is 10.9. The number of primary amides is 1. The van der Waals surface area contributed by atoms with Crippen molar-refractivity contribution < 1.29 is 4.79 Å². The van der Waals surface area contributed by atoms with Crippen LogP contribution in [0, 0.1) is 0 Å². The number of nitrogens with one attached hydrogen (secondary N) is 2. The van der Waals surface area contributed by atoms with E-state index in [1.165, 1.54) is 19.3 Å². The number of aromatic nitrogens is 4. The molecule has 0 bridgehead atoms. The maximum Gasteiger partial charge on any atom is 0.271 e. The molecule has 0 spiro atoms. The van der Waals surface area contributed by atoms with Crippen LogP contribution in [0.5, 0.6) is 0 Å². The van der Waals surface area contributed by atoms with Gasteiger partial charge in [-0.1, -0.05) is 25.3 Å². The summed E-state index contributed by atoms with van der Waals surface area (Å²) < 4.78 is 1.74. The zero-order valence-corrected chi connectivity index (χ0v) is 14.4. The van der Waals surface area contributed by atoms with E-state index < -0.39 is 5.91 Å². The van der Waals surface area contributed by atoms with Crippen molar-refractivity contribution in [2.75, 3.05) is 10.6 Å². The monoisotopic (exact) mass is 351 g/mol. The lowest BCUT2D eigenvalue weighted by Crippen LogP contribution is -2.24. The van der Waals surface area contributed by atoms with Crippen LogP contribution in [-0.4, -0.2) is 31.5 Å². The minimum atomic E-state index is -0.624. The molecule has 1 aliphatic carbocycles. The SMILES string of the molecule is NC(=O)c1ncc(NC2CCCCC2)nc1Nc1cnn2ccccc12. The maximum absolute atomic E-state index is 11.8. The third-order valence-corrected chi connectivity index (χ3v) is 4.64. The van der Waals surface area contributed by atoms with Gasteiger partial charge in [0, 0.05) is 12.2 Å². The number of nitrogens with zero attached hydrogens (tertiary/aromatic N) is 4. The van der Waals surface area contributed by atoms with Gasteiger partial charge in [-0.25, -0.2) is 14.5 Å². The zero-order valence-electron chi connectivity index (χ0n) is 14.4. The lowest BCUT2D eigenvalue weighted by Gasteiger charge is -2.23. The van der Waals surface area contributed by atoms with E-state index in [2.05, 4.69) is 25.7 Å². The molecular weight excluding hydrogens is 330 g/mol. The summed E-state index contributed by atoms with van der Waals surface area (Å²) in [5.74, 6) is 0.346. The molecule has 8 heteroatoms. The summed E-state index contributed by atoms with van der Waals surface area (Å²) in [6.45, 7) is 0. The van der Waals surface area contributed by atoms with Crippen LogP contribution in [0.25, 0.3) is 5.52 Å². The Morgan fingerprint density at radius 2 is 2.04 bits per heavy atom. The highest BCUT2D eigenvalue weighted by Crippen LogP contribution is 2.25. The van der Waals surface area contributed by atoms with Gasteiger partial charge < -0.3 is 16.4 Å². The highest BCUT2D eigenvalue weighted by atomic mass is 16.1. The summed E-state index contributed by atoms with van der Waals surface area (Å²) in [5.41, 5.74) is 7.18. The molecule has 0 aromatic carbocycles. The maximum atomic E-state index is 11.8. The fourth-order valence-electron chi connectivity index (χ4n) is 3.34. The van der Waals surface area contributed by atoms with Gasteiger partial charge in [0.05, 0.1) is 23.6 Å². The van der Waals surface area contributed by atoms with Crippen molar-refractivity contribution in [3.8, 4) is 0 Å². The number of carbonyl (C=O) groups is 1. The second kappa shape index (κ2) is 6.99. The van der Waals surface area contributed by atoms with Gasteiger partial charge in [-0.15, -0.1) is 0 Å². The van der Waals surface area contributed by atoms with E-state index in [0.29, 0.717) is 17.7 Å². The Kier molecular flexibility index (Phi) is 4.39. The number of nitrogens with two attached hydrogens (primary N) is 1. The predicted octanol–water partition coefficient (Wildman–Crippen LogP) is 2.71. The Morgan fingerprint density at radius 1 is 1.19 bits per heavy atom. The second-order valence-electron chi connectivity index (χ2n) is 6.51. The molecule has 1 fully saturated rings. The number of hydrogen-bond acceptors (Lipinski definition) is 6. The standard InChI is InChI=1S/C18H21N7O/c19-17(26)16-18(23-13-10-21-25-9-5-4-8-14(13)25)24-15(11-20-16)22-12-6-2-1-3-7-12/h4-5,8-12H,1-3,6-7H2,(H2,19,26)(H2,22,23,24). The molecule has 1 aliphatic rings. The van der Waals surface area contributed by atoms with Crippen molar-refractivity contribution in [1.29, 1.82) is 0 Å². The van der Waals surface area contributed by atoms with Gasteiger partial charge in [-0.05, 0) is 25.0 Å². The van der Waals surface area contributed by atoms with E-state index in [4.69, 9.17) is 5.73 Å². The first kappa shape index (κ1) is 16.3. The van der Waals surface area contributed by atoms with Crippen LogP contribution in [0.4, 0.5) is 17.3 Å². The van der Waals surface area contributed by atoms with E-state index in [0.717, 1.165) is 24.0 Å². The van der Waals surface area contributed by atoms with Crippen molar-refractivity contribution >= 4 is 28.7 Å². The van der Waals surface area contributed by atoms with Gasteiger partial charge in [-0.3, -0.25) is 4.79 Å². The molecule has 1 saturated carbocycles. The normalized spacial score (nSPS) is 15.1. The molecule has 0 unspecified atom stereocenters. The fraction of sp³-hybridized carbons (Fsp3) is 0.333. The average Bonchev–Trinajstić information content (AvgIpc) is 3.06. The highest BCUT2D eigenvalue weighted by Gasteiger charge is 2.18. The largest absolute Gasteiger partial charge is 0.366 e. The van der Waals surface area contributed by atoms with Crippen LogP contribution in [0.1, 0.15) is 42.6 Å². The van der Waals surface area contributed by atoms with E-state index in [1.807, 2.05) is 24.4 Å². The van der Waals surface area contributed by atoms with E-state index in [-0.39, 0.29) is 5.69 Å². The van der Waals surface area contributed by atoms with Crippen LogP contribution in [0.2, 0.25) is 0 Å². The minimum absolute atomic E-state index is 0.106. The lowest BCUT2D eigenvalue weighted by molar-refractivity contribution is 0.0996. The van der Waals surface area contributed by atoms with Gasteiger partial charge in [0.2, 0.25) is 0 Å². The number of anilines is 3. The Balaban J connectivity index is 1.64. The molecule has 26 heavy (non-hydrogen) atoms. The molecule has 0 saturated heterocycles. The molecule has 4 N–H and O–H groups in total. The van der Waals surface area contributed by atoms with E-state index in [1.54, 1.807) is 16.9 Å². The first-order chi connectivity index (χ1) is 12.7. The third-order valence-electron chi connectivity index (χ3n) is 4.64. The van der Waals surface area contributed by atoms with Crippen LogP contribution in [-0.2, 0) is 0 Å². The minimum Gasteiger partial charge on any atom is -0.366 e. The van der Waals surface area contributed by atoms with E-state index >= 15 is 0 Å². The van der Waals surface area contributed by atoms with Gasteiger partial charge >= 0.3 is 0 Å². The summed E-state index contributed by atoms with van der Waals surface area (Å²) in [4.78, 5) is 20.5. The topological polar surface area (TPSA) is 110 Å². The number of carbonyl (C=O) groups excluding carboxylic acids is 1. The van der Waals surface area contributed by atoms with Crippen molar-refractivity contribution in [2.24, 2.45) is 5.73 Å². The Labute approximate surface area is 150 Å². The Morgan fingerprint density at radius 3 is 2.85 bits per heavy atom.